The summed E-state index contributed by atoms with van der Waals surface area (Å²) in [5.74, 6) is 1.40. The van der Waals surface area contributed by atoms with Crippen molar-refractivity contribution in [3.63, 3.8) is 0 Å². The smallest absolute Gasteiger partial charge is 0.225 e. The summed E-state index contributed by atoms with van der Waals surface area (Å²) in [6.07, 6.45) is 3.51. The molecule has 0 unspecified atom stereocenters. The molecule has 0 aliphatic heterocycles. The molecule has 6 nitrogen and oxygen atoms in total. The first-order valence-electron chi connectivity index (χ1n) is 9.47. The first-order valence-corrected chi connectivity index (χ1v) is 9.47. The molecule has 0 aliphatic carbocycles. The Bertz CT molecular complexity index is 907. The van der Waals surface area contributed by atoms with Crippen molar-refractivity contribution in [1.82, 2.24) is 15.0 Å². The Hall–Kier alpha value is -2.99. The summed E-state index contributed by atoms with van der Waals surface area (Å²) in [4.78, 5) is 13.4. The highest BCUT2D eigenvalue weighted by atomic mass is 16.3. The second-order valence-electron chi connectivity index (χ2n) is 7.38. The highest BCUT2D eigenvalue weighted by Crippen LogP contribution is 2.25. The predicted octanol–water partition coefficient (Wildman–Crippen LogP) is 4.33. The van der Waals surface area contributed by atoms with Crippen molar-refractivity contribution in [2.24, 2.45) is 5.92 Å². The molecule has 0 saturated heterocycles. The summed E-state index contributed by atoms with van der Waals surface area (Å²) in [6.45, 7) is 8.25. The van der Waals surface area contributed by atoms with E-state index in [1.165, 1.54) is 11.1 Å². The Labute approximate surface area is 166 Å². The van der Waals surface area contributed by atoms with Gasteiger partial charge in [0.25, 0.3) is 0 Å². The van der Waals surface area contributed by atoms with Crippen LogP contribution in [0, 0.1) is 19.8 Å². The molecule has 0 aliphatic rings. The molecule has 2 heterocycles. The molecule has 0 radical (unpaired) electrons. The molecule has 2 aromatic heterocycles. The summed E-state index contributed by atoms with van der Waals surface area (Å²) in [5.41, 5.74) is 5.01. The summed E-state index contributed by atoms with van der Waals surface area (Å²) in [7, 11) is 0. The van der Waals surface area contributed by atoms with E-state index in [-0.39, 0.29) is 18.6 Å². The first kappa shape index (κ1) is 19.8. The lowest BCUT2D eigenvalue weighted by atomic mass is 10.1. The van der Waals surface area contributed by atoms with E-state index < -0.39 is 0 Å². The van der Waals surface area contributed by atoms with E-state index >= 15 is 0 Å². The standard InChI is InChI=1S/C22H27N5O/c1-14(2)20(13-28)26-22-25-19(17-6-5-7-23-12-17)11-21(27-22)24-18-9-15(3)8-16(4)10-18/h5-12,14,20,28H,13H2,1-4H3,(H2,24,25,26,27)/t20-/m1/s1. The molecule has 3 N–H and O–H groups in total. The minimum absolute atomic E-state index is 0.0119. The van der Waals surface area contributed by atoms with Crippen molar-refractivity contribution in [3.8, 4) is 11.3 Å². The van der Waals surface area contributed by atoms with Gasteiger partial charge in [0, 0.05) is 29.7 Å². The van der Waals surface area contributed by atoms with Crippen LogP contribution in [0.1, 0.15) is 25.0 Å². The van der Waals surface area contributed by atoms with Gasteiger partial charge in [0.2, 0.25) is 5.95 Å². The zero-order valence-corrected chi connectivity index (χ0v) is 16.8. The number of benzene rings is 1. The minimum atomic E-state index is -0.127. The number of rotatable bonds is 7. The monoisotopic (exact) mass is 377 g/mol. The van der Waals surface area contributed by atoms with Crippen LogP contribution in [0.25, 0.3) is 11.3 Å². The average molecular weight is 377 g/mol. The molecule has 3 rings (SSSR count). The van der Waals surface area contributed by atoms with Gasteiger partial charge in [0.1, 0.15) is 5.82 Å². The predicted molar refractivity (Wildman–Crippen MR) is 114 cm³/mol. The second-order valence-corrected chi connectivity index (χ2v) is 7.38. The Morgan fingerprint density at radius 2 is 1.79 bits per heavy atom. The number of pyridine rings is 1. The topological polar surface area (TPSA) is 83.0 Å². The number of hydrogen-bond acceptors (Lipinski definition) is 6. The molecular weight excluding hydrogens is 350 g/mol. The van der Waals surface area contributed by atoms with Crippen LogP contribution in [0.15, 0.2) is 48.8 Å². The highest BCUT2D eigenvalue weighted by Gasteiger charge is 2.15. The van der Waals surface area contributed by atoms with Crippen molar-refractivity contribution < 1.29 is 5.11 Å². The van der Waals surface area contributed by atoms with Gasteiger partial charge in [-0.2, -0.15) is 4.98 Å². The quantitative estimate of drug-likeness (QED) is 0.568. The van der Waals surface area contributed by atoms with Gasteiger partial charge in [-0.1, -0.05) is 19.9 Å². The van der Waals surface area contributed by atoms with Crippen molar-refractivity contribution in [2.75, 3.05) is 17.2 Å². The number of nitrogens with zero attached hydrogens (tertiary/aromatic N) is 3. The number of aliphatic hydroxyl groups excluding tert-OH is 1. The Balaban J connectivity index is 1.99. The van der Waals surface area contributed by atoms with E-state index in [0.717, 1.165) is 16.9 Å². The molecule has 0 fully saturated rings. The fraction of sp³-hybridized carbons (Fsp3) is 0.318. The van der Waals surface area contributed by atoms with Crippen LogP contribution in [0.4, 0.5) is 17.5 Å². The van der Waals surface area contributed by atoms with Gasteiger partial charge in [-0.05, 0) is 55.2 Å². The van der Waals surface area contributed by atoms with Crippen LogP contribution >= 0.6 is 0 Å². The number of aryl methyl sites for hydroxylation is 2. The highest BCUT2D eigenvalue weighted by molar-refractivity contribution is 5.67. The number of anilines is 3. The maximum atomic E-state index is 9.67. The van der Waals surface area contributed by atoms with Crippen LogP contribution < -0.4 is 10.6 Å². The lowest BCUT2D eigenvalue weighted by Gasteiger charge is -2.20. The Morgan fingerprint density at radius 1 is 1.04 bits per heavy atom. The molecule has 6 heteroatoms. The number of hydrogen-bond donors (Lipinski definition) is 3. The SMILES string of the molecule is Cc1cc(C)cc(Nc2cc(-c3cccnc3)nc(N[C@H](CO)C(C)C)n2)c1. The summed E-state index contributed by atoms with van der Waals surface area (Å²) >= 11 is 0. The average Bonchev–Trinajstić information content (AvgIpc) is 2.65. The maximum absolute atomic E-state index is 9.67. The zero-order chi connectivity index (χ0) is 20.1. The molecule has 0 amide bonds. The summed E-state index contributed by atoms with van der Waals surface area (Å²) in [5, 5.41) is 16.3. The summed E-state index contributed by atoms with van der Waals surface area (Å²) in [6, 6.07) is 11.9. The van der Waals surface area contributed by atoms with Crippen LogP contribution in [0.3, 0.4) is 0 Å². The van der Waals surface area contributed by atoms with E-state index in [9.17, 15) is 5.11 Å². The van der Waals surface area contributed by atoms with Crippen LogP contribution in [0.5, 0.6) is 0 Å². The molecule has 0 spiro atoms. The largest absolute Gasteiger partial charge is 0.394 e. The van der Waals surface area contributed by atoms with Crippen molar-refractivity contribution in [3.05, 3.63) is 59.9 Å². The van der Waals surface area contributed by atoms with Gasteiger partial charge in [-0.15, -0.1) is 0 Å². The van der Waals surface area contributed by atoms with E-state index in [4.69, 9.17) is 0 Å². The van der Waals surface area contributed by atoms with Gasteiger partial charge >= 0.3 is 0 Å². The zero-order valence-electron chi connectivity index (χ0n) is 16.8. The van der Waals surface area contributed by atoms with Gasteiger partial charge in [-0.25, -0.2) is 4.98 Å². The third-order valence-corrected chi connectivity index (χ3v) is 4.49. The third-order valence-electron chi connectivity index (χ3n) is 4.49. The van der Waals surface area contributed by atoms with E-state index in [1.807, 2.05) is 32.0 Å². The van der Waals surface area contributed by atoms with Gasteiger partial charge < -0.3 is 15.7 Å². The van der Waals surface area contributed by atoms with Crippen LogP contribution in [0.2, 0.25) is 0 Å². The van der Waals surface area contributed by atoms with Crippen molar-refractivity contribution in [2.45, 2.75) is 33.7 Å². The van der Waals surface area contributed by atoms with E-state index in [0.29, 0.717) is 11.8 Å². The maximum Gasteiger partial charge on any atom is 0.225 e. The molecule has 28 heavy (non-hydrogen) atoms. The molecule has 1 atom stereocenters. The Morgan fingerprint density at radius 3 is 2.39 bits per heavy atom. The van der Waals surface area contributed by atoms with E-state index in [1.54, 1.807) is 12.4 Å². The summed E-state index contributed by atoms with van der Waals surface area (Å²) < 4.78 is 0. The minimum Gasteiger partial charge on any atom is -0.394 e. The van der Waals surface area contributed by atoms with Gasteiger partial charge in [0.05, 0.1) is 18.3 Å². The molecule has 0 bridgehead atoms. The molecule has 0 saturated carbocycles. The number of aliphatic hydroxyl groups is 1. The van der Waals surface area contributed by atoms with Gasteiger partial charge in [-0.3, -0.25) is 4.98 Å². The molecule has 3 aromatic rings. The van der Waals surface area contributed by atoms with Crippen molar-refractivity contribution in [1.29, 1.82) is 0 Å². The van der Waals surface area contributed by atoms with E-state index in [2.05, 4.69) is 57.6 Å². The van der Waals surface area contributed by atoms with Crippen LogP contribution in [-0.4, -0.2) is 32.7 Å². The lowest BCUT2D eigenvalue weighted by molar-refractivity contribution is 0.248. The second kappa shape index (κ2) is 8.80. The van der Waals surface area contributed by atoms with Crippen molar-refractivity contribution >= 4 is 17.5 Å². The third kappa shape index (κ3) is 5.04. The number of aromatic nitrogens is 3. The fourth-order valence-corrected chi connectivity index (χ4v) is 3.02. The lowest BCUT2D eigenvalue weighted by Crippen LogP contribution is -2.30. The fourth-order valence-electron chi connectivity index (χ4n) is 3.02. The molecular formula is C22H27N5O. The van der Waals surface area contributed by atoms with Crippen LogP contribution in [-0.2, 0) is 0 Å². The first-order chi connectivity index (χ1) is 13.4. The number of nitrogens with one attached hydrogen (secondary N) is 2. The molecule has 1 aromatic carbocycles. The normalized spacial score (nSPS) is 12.1. The molecule has 146 valence electrons. The Kier molecular flexibility index (Phi) is 6.21. The van der Waals surface area contributed by atoms with Gasteiger partial charge in [0.15, 0.2) is 0 Å².